The number of hydrogen-bond acceptors (Lipinski definition) is 4. The van der Waals surface area contributed by atoms with Crippen LogP contribution in [0.1, 0.15) is 24.5 Å². The van der Waals surface area contributed by atoms with Gasteiger partial charge in [0.25, 0.3) is 0 Å². The van der Waals surface area contributed by atoms with Gasteiger partial charge in [-0.1, -0.05) is 18.2 Å². The van der Waals surface area contributed by atoms with Gasteiger partial charge < -0.3 is 10.4 Å². The molecule has 1 aliphatic carbocycles. The monoisotopic (exact) mass is 321 g/mol. The van der Waals surface area contributed by atoms with E-state index in [1.54, 1.807) is 18.2 Å². The second-order valence-corrected chi connectivity index (χ2v) is 6.46. The number of β-amino-alcohol motifs (C(OH)–C–C–N with tert-alkyl or cyclic N) is 1. The van der Waals surface area contributed by atoms with Crippen LogP contribution in [0.25, 0.3) is 0 Å². The van der Waals surface area contributed by atoms with Crippen LogP contribution in [0.15, 0.2) is 24.3 Å². The smallest absolute Gasteiger partial charge is 0.234 e. The lowest BCUT2D eigenvalue weighted by Crippen LogP contribution is -2.50. The van der Waals surface area contributed by atoms with E-state index < -0.39 is 6.10 Å². The maximum Gasteiger partial charge on any atom is 0.234 e. The largest absolute Gasteiger partial charge is 0.387 e. The first kappa shape index (κ1) is 16.4. The van der Waals surface area contributed by atoms with Crippen molar-refractivity contribution in [3.63, 3.8) is 0 Å². The van der Waals surface area contributed by atoms with E-state index in [-0.39, 0.29) is 11.7 Å². The highest BCUT2D eigenvalue weighted by atomic mass is 19.1. The van der Waals surface area contributed by atoms with Gasteiger partial charge in [-0.05, 0) is 18.9 Å². The van der Waals surface area contributed by atoms with Crippen LogP contribution in [0.4, 0.5) is 4.39 Å². The van der Waals surface area contributed by atoms with E-state index in [4.69, 9.17) is 0 Å². The first-order valence-corrected chi connectivity index (χ1v) is 8.28. The number of nitrogens with one attached hydrogen (secondary N) is 1. The van der Waals surface area contributed by atoms with Gasteiger partial charge in [-0.3, -0.25) is 14.6 Å². The number of carbonyl (C=O) groups excluding carboxylic acids is 1. The maximum atomic E-state index is 13.7. The Hall–Kier alpha value is -1.50. The Morgan fingerprint density at radius 3 is 2.52 bits per heavy atom. The summed E-state index contributed by atoms with van der Waals surface area (Å²) >= 11 is 0. The van der Waals surface area contributed by atoms with Gasteiger partial charge in [0, 0.05) is 44.3 Å². The van der Waals surface area contributed by atoms with Gasteiger partial charge in [-0.2, -0.15) is 0 Å². The van der Waals surface area contributed by atoms with E-state index in [0.717, 1.165) is 39.0 Å². The summed E-state index contributed by atoms with van der Waals surface area (Å²) in [6, 6.07) is 6.75. The predicted octanol–water partition coefficient (Wildman–Crippen LogP) is 0.755. The van der Waals surface area contributed by atoms with Crippen LogP contribution >= 0.6 is 0 Å². The van der Waals surface area contributed by atoms with Crippen LogP contribution < -0.4 is 5.32 Å². The van der Waals surface area contributed by atoms with Crippen molar-refractivity contribution in [1.29, 1.82) is 0 Å². The minimum Gasteiger partial charge on any atom is -0.387 e. The number of aliphatic hydroxyl groups excluding tert-OH is 1. The molecule has 2 fully saturated rings. The minimum atomic E-state index is -0.819. The SMILES string of the molecule is O=C(CN1CCN(C[C@@H](O)c2ccccc2F)CC1)NC1CC1. The molecule has 1 saturated carbocycles. The van der Waals surface area contributed by atoms with Crippen molar-refractivity contribution in [1.82, 2.24) is 15.1 Å². The molecule has 6 heteroatoms. The van der Waals surface area contributed by atoms with Crippen LogP contribution in [-0.2, 0) is 4.79 Å². The zero-order valence-electron chi connectivity index (χ0n) is 13.2. The Kier molecular flexibility index (Phi) is 5.25. The molecule has 126 valence electrons. The second kappa shape index (κ2) is 7.38. The van der Waals surface area contributed by atoms with Crippen molar-refractivity contribution in [2.45, 2.75) is 25.0 Å². The highest BCUT2D eigenvalue weighted by molar-refractivity contribution is 5.78. The number of piperazine rings is 1. The molecule has 3 rings (SSSR count). The Morgan fingerprint density at radius 2 is 1.87 bits per heavy atom. The summed E-state index contributed by atoms with van der Waals surface area (Å²) in [5.41, 5.74) is 0.346. The van der Waals surface area contributed by atoms with Gasteiger partial charge in [0.1, 0.15) is 5.82 Å². The molecule has 0 spiro atoms. The predicted molar refractivity (Wildman–Crippen MR) is 85.4 cm³/mol. The van der Waals surface area contributed by atoms with Gasteiger partial charge in [0.2, 0.25) is 5.91 Å². The quantitative estimate of drug-likeness (QED) is 0.812. The van der Waals surface area contributed by atoms with Gasteiger partial charge in [-0.25, -0.2) is 4.39 Å². The first-order valence-electron chi connectivity index (χ1n) is 8.28. The number of hydrogen-bond donors (Lipinski definition) is 2. The summed E-state index contributed by atoms with van der Waals surface area (Å²) in [7, 11) is 0. The molecule has 1 amide bonds. The standard InChI is InChI=1S/C17H24FN3O2/c18-15-4-2-1-3-14(15)16(22)11-20-7-9-21(10-8-20)12-17(23)19-13-5-6-13/h1-4,13,16,22H,5-12H2,(H,19,23)/t16-/m1/s1. The van der Waals surface area contributed by atoms with Crippen LogP contribution in [0.5, 0.6) is 0 Å². The van der Waals surface area contributed by atoms with Crippen molar-refractivity contribution in [3.05, 3.63) is 35.6 Å². The second-order valence-electron chi connectivity index (χ2n) is 6.46. The zero-order chi connectivity index (χ0) is 16.2. The van der Waals surface area contributed by atoms with Crippen LogP contribution in [0, 0.1) is 5.82 Å². The lowest BCUT2D eigenvalue weighted by Gasteiger charge is -2.35. The number of carbonyl (C=O) groups is 1. The maximum absolute atomic E-state index is 13.7. The van der Waals surface area contributed by atoms with Crippen molar-refractivity contribution in [3.8, 4) is 0 Å². The summed E-state index contributed by atoms with van der Waals surface area (Å²) < 4.78 is 13.7. The fraction of sp³-hybridized carbons (Fsp3) is 0.588. The number of benzene rings is 1. The van der Waals surface area contributed by atoms with Crippen LogP contribution in [-0.4, -0.2) is 66.1 Å². The Morgan fingerprint density at radius 1 is 1.22 bits per heavy atom. The van der Waals surface area contributed by atoms with E-state index in [0.29, 0.717) is 24.7 Å². The molecule has 0 unspecified atom stereocenters. The van der Waals surface area contributed by atoms with Crippen molar-refractivity contribution in [2.75, 3.05) is 39.3 Å². The Bertz CT molecular complexity index is 542. The topological polar surface area (TPSA) is 55.8 Å². The number of amides is 1. The lowest BCUT2D eigenvalue weighted by atomic mass is 10.1. The third-order valence-electron chi connectivity index (χ3n) is 4.47. The molecule has 1 saturated heterocycles. The van der Waals surface area contributed by atoms with E-state index in [1.165, 1.54) is 6.07 Å². The molecule has 0 aromatic heterocycles. The fourth-order valence-corrected chi connectivity index (χ4v) is 2.92. The van der Waals surface area contributed by atoms with Gasteiger partial charge in [-0.15, -0.1) is 0 Å². The fourth-order valence-electron chi connectivity index (χ4n) is 2.92. The van der Waals surface area contributed by atoms with Gasteiger partial charge >= 0.3 is 0 Å². The number of aliphatic hydroxyl groups is 1. The molecule has 2 N–H and O–H groups in total. The highest BCUT2D eigenvalue weighted by Crippen LogP contribution is 2.19. The highest BCUT2D eigenvalue weighted by Gasteiger charge is 2.26. The normalized spacial score (nSPS) is 21.1. The number of nitrogens with zero attached hydrogens (tertiary/aromatic N) is 2. The van der Waals surface area contributed by atoms with E-state index in [1.807, 2.05) is 0 Å². The molecule has 0 radical (unpaired) electrons. The van der Waals surface area contributed by atoms with Crippen molar-refractivity contribution in [2.24, 2.45) is 0 Å². The molecule has 0 bridgehead atoms. The molecule has 1 heterocycles. The molecule has 1 aliphatic heterocycles. The molecule has 1 aromatic rings. The summed E-state index contributed by atoms with van der Waals surface area (Å²) in [5, 5.41) is 13.2. The average molecular weight is 321 g/mol. The number of rotatable bonds is 6. The number of halogens is 1. The molecule has 1 aromatic carbocycles. The molecule has 23 heavy (non-hydrogen) atoms. The summed E-state index contributed by atoms with van der Waals surface area (Å²) in [6.07, 6.45) is 1.39. The summed E-state index contributed by atoms with van der Waals surface area (Å²) in [6.45, 7) is 4.01. The van der Waals surface area contributed by atoms with Crippen LogP contribution in [0.3, 0.4) is 0 Å². The Labute approximate surface area is 136 Å². The van der Waals surface area contributed by atoms with Gasteiger partial charge in [0.05, 0.1) is 12.6 Å². The van der Waals surface area contributed by atoms with E-state index in [2.05, 4.69) is 15.1 Å². The van der Waals surface area contributed by atoms with Crippen LogP contribution in [0.2, 0.25) is 0 Å². The third kappa shape index (κ3) is 4.73. The molecule has 5 nitrogen and oxygen atoms in total. The third-order valence-corrected chi connectivity index (χ3v) is 4.47. The molecule has 2 aliphatic rings. The van der Waals surface area contributed by atoms with Crippen molar-refractivity contribution >= 4 is 5.91 Å². The lowest BCUT2D eigenvalue weighted by molar-refractivity contribution is -0.122. The average Bonchev–Trinajstić information content (AvgIpc) is 3.33. The molecule has 1 atom stereocenters. The van der Waals surface area contributed by atoms with Crippen molar-refractivity contribution < 1.29 is 14.3 Å². The first-order chi connectivity index (χ1) is 11.1. The van der Waals surface area contributed by atoms with Gasteiger partial charge in [0.15, 0.2) is 0 Å². The molecular formula is C17H24FN3O2. The van der Waals surface area contributed by atoms with E-state index >= 15 is 0 Å². The summed E-state index contributed by atoms with van der Waals surface area (Å²) in [5.74, 6) is -0.261. The van der Waals surface area contributed by atoms with E-state index in [9.17, 15) is 14.3 Å². The minimum absolute atomic E-state index is 0.104. The Balaban J connectivity index is 1.42. The molecular weight excluding hydrogens is 297 g/mol. The zero-order valence-corrected chi connectivity index (χ0v) is 13.2. The summed E-state index contributed by atoms with van der Waals surface area (Å²) in [4.78, 5) is 16.0.